The SMILES string of the molecule is CN1CCCNc2ncnc3c2/C(=C/Nc2cccc(c2)OCC(=O)N2CCC[C@@H]2C1)C(=O)N3. The first-order valence-electron chi connectivity index (χ1n) is 11.7. The Morgan fingerprint density at radius 2 is 2.00 bits per heavy atom. The van der Waals surface area contributed by atoms with E-state index in [0.717, 1.165) is 44.6 Å². The molecule has 0 unspecified atom stereocenters. The Balaban J connectivity index is 1.42. The maximum Gasteiger partial charge on any atom is 0.260 e. The van der Waals surface area contributed by atoms with Crippen LogP contribution in [-0.2, 0) is 9.59 Å². The summed E-state index contributed by atoms with van der Waals surface area (Å²) in [6.45, 7) is 3.19. The summed E-state index contributed by atoms with van der Waals surface area (Å²) in [4.78, 5) is 38.3. The quantitative estimate of drug-likeness (QED) is 0.544. The number of rotatable bonds is 0. The van der Waals surface area contributed by atoms with Gasteiger partial charge in [0.1, 0.15) is 23.7 Å². The molecule has 0 saturated carbocycles. The van der Waals surface area contributed by atoms with Crippen molar-refractivity contribution in [2.75, 3.05) is 55.8 Å². The van der Waals surface area contributed by atoms with Gasteiger partial charge in [0.15, 0.2) is 6.61 Å². The highest BCUT2D eigenvalue weighted by Gasteiger charge is 2.31. The van der Waals surface area contributed by atoms with E-state index in [4.69, 9.17) is 4.74 Å². The summed E-state index contributed by atoms with van der Waals surface area (Å²) >= 11 is 0. The minimum Gasteiger partial charge on any atom is -0.484 e. The Hall–Kier alpha value is -3.66. The van der Waals surface area contributed by atoms with Gasteiger partial charge in [-0.15, -0.1) is 0 Å². The number of fused-ring (bicyclic) bond motifs is 3. The van der Waals surface area contributed by atoms with Gasteiger partial charge in [-0.05, 0) is 45.0 Å². The molecule has 3 N–H and O–H groups in total. The molecule has 10 nitrogen and oxygen atoms in total. The Labute approximate surface area is 198 Å². The maximum atomic E-state index is 12.9. The first-order valence-corrected chi connectivity index (χ1v) is 11.7. The molecule has 34 heavy (non-hydrogen) atoms. The fraction of sp³-hybridized carbons (Fsp3) is 0.417. The van der Waals surface area contributed by atoms with Crippen molar-refractivity contribution in [3.63, 3.8) is 0 Å². The number of benzene rings is 1. The van der Waals surface area contributed by atoms with Crippen LogP contribution in [0.25, 0.3) is 5.57 Å². The van der Waals surface area contributed by atoms with Crippen LogP contribution < -0.4 is 20.7 Å². The van der Waals surface area contributed by atoms with Gasteiger partial charge in [-0.25, -0.2) is 9.97 Å². The molecule has 1 aromatic heterocycles. The molecule has 3 aliphatic heterocycles. The zero-order valence-electron chi connectivity index (χ0n) is 19.2. The Kier molecular flexibility index (Phi) is 6.31. The van der Waals surface area contributed by atoms with Gasteiger partial charge in [0.25, 0.3) is 11.8 Å². The van der Waals surface area contributed by atoms with Crippen LogP contribution in [-0.4, -0.2) is 77.5 Å². The van der Waals surface area contributed by atoms with Crippen molar-refractivity contribution in [3.05, 3.63) is 42.4 Å². The minimum absolute atomic E-state index is 0.00512. The first-order chi connectivity index (χ1) is 16.6. The Bertz CT molecular complexity index is 1120. The van der Waals surface area contributed by atoms with Crippen molar-refractivity contribution in [1.82, 2.24) is 19.8 Å². The molecule has 1 fully saturated rings. The number of hydrogen-bond donors (Lipinski definition) is 3. The summed E-state index contributed by atoms with van der Waals surface area (Å²) in [6, 6.07) is 7.54. The highest BCUT2D eigenvalue weighted by atomic mass is 16.5. The van der Waals surface area contributed by atoms with Crippen LogP contribution in [0.2, 0.25) is 0 Å². The van der Waals surface area contributed by atoms with E-state index < -0.39 is 0 Å². The molecular weight excluding hydrogens is 434 g/mol. The van der Waals surface area contributed by atoms with Gasteiger partial charge in [-0.2, -0.15) is 0 Å². The predicted octanol–water partition coefficient (Wildman–Crippen LogP) is 2.00. The average molecular weight is 464 g/mol. The number of aromatic nitrogens is 2. The molecule has 1 saturated heterocycles. The van der Waals surface area contributed by atoms with Gasteiger partial charge in [0, 0.05) is 43.6 Å². The number of carbonyl (C=O) groups is 2. The molecule has 0 radical (unpaired) electrons. The number of hydrogen-bond acceptors (Lipinski definition) is 8. The molecule has 3 aliphatic rings. The van der Waals surface area contributed by atoms with E-state index in [1.54, 1.807) is 6.20 Å². The van der Waals surface area contributed by atoms with E-state index in [9.17, 15) is 9.59 Å². The van der Waals surface area contributed by atoms with E-state index in [-0.39, 0.29) is 24.5 Å². The fourth-order valence-corrected chi connectivity index (χ4v) is 4.72. The van der Waals surface area contributed by atoms with E-state index in [0.29, 0.717) is 35.1 Å². The molecule has 4 heterocycles. The van der Waals surface area contributed by atoms with Crippen molar-refractivity contribution in [3.8, 4) is 5.75 Å². The lowest BCUT2D eigenvalue weighted by molar-refractivity contribution is -0.134. The third-order valence-corrected chi connectivity index (χ3v) is 6.40. The van der Waals surface area contributed by atoms with Crippen LogP contribution in [0.3, 0.4) is 0 Å². The molecular formula is C24H29N7O3. The van der Waals surface area contributed by atoms with Gasteiger partial charge >= 0.3 is 0 Å². The van der Waals surface area contributed by atoms with E-state index in [2.05, 4.69) is 37.9 Å². The number of carbonyl (C=O) groups excluding carboxylic acids is 2. The van der Waals surface area contributed by atoms with Crippen LogP contribution in [0.15, 0.2) is 36.8 Å². The molecule has 2 bridgehead atoms. The zero-order chi connectivity index (χ0) is 23.5. The highest BCUT2D eigenvalue weighted by Crippen LogP contribution is 2.34. The Morgan fingerprint density at radius 3 is 2.91 bits per heavy atom. The summed E-state index contributed by atoms with van der Waals surface area (Å²) in [5, 5.41) is 9.34. The zero-order valence-corrected chi connectivity index (χ0v) is 19.2. The van der Waals surface area contributed by atoms with Gasteiger partial charge in [0.05, 0.1) is 11.1 Å². The van der Waals surface area contributed by atoms with Gasteiger partial charge in [-0.1, -0.05) is 6.07 Å². The second-order valence-electron chi connectivity index (χ2n) is 8.84. The molecule has 2 aromatic rings. The number of nitrogens with one attached hydrogen (secondary N) is 3. The van der Waals surface area contributed by atoms with Gasteiger partial charge in [-0.3, -0.25) is 9.59 Å². The van der Waals surface area contributed by atoms with Crippen molar-refractivity contribution >= 4 is 34.7 Å². The van der Waals surface area contributed by atoms with Crippen LogP contribution in [0.5, 0.6) is 5.75 Å². The summed E-state index contributed by atoms with van der Waals surface area (Å²) in [6.07, 6.45) is 6.02. The summed E-state index contributed by atoms with van der Waals surface area (Å²) in [5.74, 6) is 1.48. The van der Waals surface area contributed by atoms with Crippen molar-refractivity contribution < 1.29 is 14.3 Å². The number of amides is 2. The average Bonchev–Trinajstić information content (AvgIpc) is 3.42. The van der Waals surface area contributed by atoms with Crippen LogP contribution in [0.1, 0.15) is 24.8 Å². The number of anilines is 3. The fourth-order valence-electron chi connectivity index (χ4n) is 4.72. The molecule has 0 aliphatic carbocycles. The number of likely N-dealkylation sites (N-methyl/N-ethyl adjacent to an activating group) is 1. The third kappa shape index (κ3) is 4.67. The molecule has 2 amide bonds. The molecule has 1 atom stereocenters. The number of nitrogens with zero attached hydrogens (tertiary/aromatic N) is 4. The lowest BCUT2D eigenvalue weighted by Gasteiger charge is -2.29. The van der Waals surface area contributed by atoms with Gasteiger partial charge in [0.2, 0.25) is 0 Å². The summed E-state index contributed by atoms with van der Waals surface area (Å²) in [7, 11) is 2.09. The van der Waals surface area contributed by atoms with Crippen LogP contribution >= 0.6 is 0 Å². The molecule has 1 aromatic carbocycles. The minimum atomic E-state index is -0.240. The van der Waals surface area contributed by atoms with E-state index >= 15 is 0 Å². The van der Waals surface area contributed by atoms with E-state index in [1.165, 1.54) is 6.33 Å². The van der Waals surface area contributed by atoms with Gasteiger partial charge < -0.3 is 30.5 Å². The summed E-state index contributed by atoms with van der Waals surface area (Å²) in [5.41, 5.74) is 1.85. The topological polar surface area (TPSA) is 112 Å². The first kappa shape index (κ1) is 22.1. The molecule has 0 spiro atoms. The monoisotopic (exact) mass is 463 g/mol. The lowest BCUT2D eigenvalue weighted by atomic mass is 10.1. The van der Waals surface area contributed by atoms with Crippen molar-refractivity contribution in [2.45, 2.75) is 25.3 Å². The van der Waals surface area contributed by atoms with Crippen molar-refractivity contribution in [2.24, 2.45) is 0 Å². The normalized spacial score (nSPS) is 23.0. The smallest absolute Gasteiger partial charge is 0.260 e. The van der Waals surface area contributed by atoms with Crippen LogP contribution in [0, 0.1) is 0 Å². The van der Waals surface area contributed by atoms with Crippen molar-refractivity contribution in [1.29, 1.82) is 0 Å². The molecule has 5 rings (SSSR count). The van der Waals surface area contributed by atoms with Crippen LogP contribution in [0.4, 0.5) is 17.3 Å². The predicted molar refractivity (Wildman–Crippen MR) is 130 cm³/mol. The second-order valence-corrected chi connectivity index (χ2v) is 8.84. The Morgan fingerprint density at radius 1 is 1.12 bits per heavy atom. The highest BCUT2D eigenvalue weighted by molar-refractivity contribution is 6.32. The third-order valence-electron chi connectivity index (χ3n) is 6.40. The number of ether oxygens (including phenoxy) is 1. The molecule has 178 valence electrons. The molecule has 10 heteroatoms. The standard InChI is InChI=1S/C24H29N7O3/c1-30-9-4-8-25-22-21-19(24(33)29-23(21)28-15-27-22)12-26-16-5-2-7-18(11-16)34-14-20(32)31-10-3-6-17(31)13-30/h2,5,7,11-12,15,17,26H,3-4,6,8-10,13-14H2,1H3,(H2,25,27,28,29,33)/b19-12-/t17-/m1/s1. The maximum absolute atomic E-state index is 12.9. The largest absolute Gasteiger partial charge is 0.484 e. The second kappa shape index (κ2) is 9.68. The summed E-state index contributed by atoms with van der Waals surface area (Å²) < 4.78 is 5.83. The lowest BCUT2D eigenvalue weighted by Crippen LogP contribution is -2.44. The van der Waals surface area contributed by atoms with E-state index in [1.807, 2.05) is 29.2 Å².